The highest BCUT2D eigenvalue weighted by Gasteiger charge is 2.49. The predicted molar refractivity (Wildman–Crippen MR) is 91.7 cm³/mol. The van der Waals surface area contributed by atoms with Crippen molar-refractivity contribution >= 4 is 29.1 Å². The number of piperidine rings is 1. The number of rotatable bonds is 3. The third-order valence-corrected chi connectivity index (χ3v) is 6.25. The van der Waals surface area contributed by atoms with Crippen LogP contribution in [0.5, 0.6) is 0 Å². The van der Waals surface area contributed by atoms with Crippen molar-refractivity contribution in [3.8, 4) is 0 Å². The van der Waals surface area contributed by atoms with E-state index in [4.69, 9.17) is 28.0 Å². The molecule has 2 saturated heterocycles. The van der Waals surface area contributed by atoms with Gasteiger partial charge in [-0.25, -0.2) is 5.06 Å². The average molecular weight is 357 g/mol. The SMILES string of the molecule is CON(C)C(=O)C1C2CCC(C[C@H]1c1ccc(Cl)c(Cl)c1)N2C. The van der Waals surface area contributed by atoms with Crippen LogP contribution >= 0.6 is 23.2 Å². The summed E-state index contributed by atoms with van der Waals surface area (Å²) in [4.78, 5) is 20.4. The highest BCUT2D eigenvalue weighted by molar-refractivity contribution is 6.42. The lowest BCUT2D eigenvalue weighted by molar-refractivity contribution is -0.177. The molecule has 2 heterocycles. The summed E-state index contributed by atoms with van der Waals surface area (Å²) in [6.07, 6.45) is 3.14. The maximum atomic E-state index is 12.9. The first-order valence-electron chi connectivity index (χ1n) is 7.92. The predicted octanol–water partition coefficient (Wildman–Crippen LogP) is 3.58. The standard InChI is InChI=1S/C17H22Cl2N2O2/c1-20-11-5-7-15(20)16(17(22)21(2)23-3)12(9-11)10-4-6-13(18)14(19)8-10/h4,6,8,11-12,15-16H,5,7,9H2,1-3H3/t11?,12-,15?,16?/m0/s1. The van der Waals surface area contributed by atoms with E-state index in [1.54, 1.807) is 7.05 Å². The zero-order valence-corrected chi connectivity index (χ0v) is 15.1. The molecule has 0 spiro atoms. The number of hydrogen-bond donors (Lipinski definition) is 0. The van der Waals surface area contributed by atoms with E-state index in [0.717, 1.165) is 24.8 Å². The van der Waals surface area contributed by atoms with Crippen LogP contribution in [0, 0.1) is 5.92 Å². The fourth-order valence-electron chi connectivity index (χ4n) is 4.19. The van der Waals surface area contributed by atoms with Gasteiger partial charge in [0.25, 0.3) is 5.91 Å². The molecule has 4 nitrogen and oxygen atoms in total. The molecular formula is C17H22Cl2N2O2. The van der Waals surface area contributed by atoms with Crippen molar-refractivity contribution in [2.24, 2.45) is 5.92 Å². The van der Waals surface area contributed by atoms with Crippen LogP contribution in [0.2, 0.25) is 10.0 Å². The number of halogens is 2. The van der Waals surface area contributed by atoms with Crippen LogP contribution in [0.15, 0.2) is 18.2 Å². The van der Waals surface area contributed by atoms with Crippen molar-refractivity contribution in [3.05, 3.63) is 33.8 Å². The van der Waals surface area contributed by atoms with Gasteiger partial charge in [0.15, 0.2) is 0 Å². The Morgan fingerprint density at radius 2 is 2.04 bits per heavy atom. The third-order valence-electron chi connectivity index (χ3n) is 5.51. The fraction of sp³-hybridized carbons (Fsp3) is 0.588. The second-order valence-corrected chi connectivity index (χ2v) is 7.34. The van der Waals surface area contributed by atoms with Gasteiger partial charge < -0.3 is 0 Å². The van der Waals surface area contributed by atoms with Crippen LogP contribution in [0.1, 0.15) is 30.7 Å². The van der Waals surface area contributed by atoms with Gasteiger partial charge in [0.05, 0.1) is 23.1 Å². The van der Waals surface area contributed by atoms with Crippen LogP contribution < -0.4 is 0 Å². The quantitative estimate of drug-likeness (QED) is 0.776. The van der Waals surface area contributed by atoms with Gasteiger partial charge >= 0.3 is 0 Å². The Kier molecular flexibility index (Phi) is 4.88. The monoisotopic (exact) mass is 356 g/mol. The lowest BCUT2D eigenvalue weighted by atomic mass is 9.75. The van der Waals surface area contributed by atoms with Crippen molar-refractivity contribution in [1.29, 1.82) is 0 Å². The molecule has 2 aliphatic heterocycles. The summed E-state index contributed by atoms with van der Waals surface area (Å²) >= 11 is 12.3. The molecule has 2 aliphatic rings. The Bertz CT molecular complexity index is 610. The van der Waals surface area contributed by atoms with E-state index < -0.39 is 0 Å². The Morgan fingerprint density at radius 1 is 1.30 bits per heavy atom. The minimum Gasteiger partial charge on any atom is -0.300 e. The van der Waals surface area contributed by atoms with Crippen LogP contribution in [0.3, 0.4) is 0 Å². The minimum atomic E-state index is -0.124. The molecule has 0 radical (unpaired) electrons. The van der Waals surface area contributed by atoms with E-state index in [1.807, 2.05) is 18.2 Å². The maximum absolute atomic E-state index is 12.9. The molecule has 3 unspecified atom stereocenters. The lowest BCUT2D eigenvalue weighted by Crippen LogP contribution is -2.51. The maximum Gasteiger partial charge on any atom is 0.251 e. The summed E-state index contributed by atoms with van der Waals surface area (Å²) in [6, 6.07) is 6.50. The van der Waals surface area contributed by atoms with Gasteiger partial charge in [0.2, 0.25) is 0 Å². The normalized spacial score (nSPS) is 30.5. The third kappa shape index (κ3) is 2.98. The number of carbonyl (C=O) groups is 1. The Morgan fingerprint density at radius 3 is 2.70 bits per heavy atom. The van der Waals surface area contributed by atoms with Crippen LogP contribution in [-0.2, 0) is 9.63 Å². The number of amides is 1. The molecule has 126 valence electrons. The van der Waals surface area contributed by atoms with Crippen LogP contribution in [-0.4, -0.2) is 49.2 Å². The zero-order chi connectivity index (χ0) is 16.7. The largest absolute Gasteiger partial charge is 0.300 e. The first kappa shape index (κ1) is 17.0. The summed E-state index contributed by atoms with van der Waals surface area (Å²) in [6.45, 7) is 0. The summed E-state index contributed by atoms with van der Waals surface area (Å²) in [7, 11) is 5.33. The topological polar surface area (TPSA) is 32.8 Å². The number of fused-ring (bicyclic) bond motifs is 2. The molecule has 1 amide bonds. The van der Waals surface area contributed by atoms with Gasteiger partial charge in [0, 0.05) is 19.1 Å². The summed E-state index contributed by atoms with van der Waals surface area (Å²) in [5.74, 6) is 0.0466. The van der Waals surface area contributed by atoms with E-state index >= 15 is 0 Å². The van der Waals surface area contributed by atoms with Gasteiger partial charge in [-0.05, 0) is 49.9 Å². The van der Waals surface area contributed by atoms with Gasteiger partial charge in [0.1, 0.15) is 0 Å². The van der Waals surface area contributed by atoms with Gasteiger partial charge in [-0.2, -0.15) is 0 Å². The fourth-order valence-corrected chi connectivity index (χ4v) is 4.50. The van der Waals surface area contributed by atoms with Gasteiger partial charge in [-0.3, -0.25) is 14.5 Å². The minimum absolute atomic E-state index is 0.0285. The van der Waals surface area contributed by atoms with Gasteiger partial charge in [-0.1, -0.05) is 29.3 Å². The molecule has 2 bridgehead atoms. The van der Waals surface area contributed by atoms with Crippen LogP contribution in [0.4, 0.5) is 0 Å². The van der Waals surface area contributed by atoms with E-state index in [0.29, 0.717) is 16.1 Å². The smallest absolute Gasteiger partial charge is 0.251 e. The summed E-state index contributed by atoms with van der Waals surface area (Å²) in [5.41, 5.74) is 1.09. The summed E-state index contributed by atoms with van der Waals surface area (Å²) < 4.78 is 0. The Hall–Kier alpha value is -0.810. The number of carbonyl (C=O) groups excluding carboxylic acids is 1. The highest BCUT2D eigenvalue weighted by Crippen LogP contribution is 2.47. The first-order valence-corrected chi connectivity index (χ1v) is 8.68. The molecule has 0 aromatic heterocycles. The van der Waals surface area contributed by atoms with Crippen molar-refractivity contribution in [2.45, 2.75) is 37.3 Å². The molecule has 0 saturated carbocycles. The van der Waals surface area contributed by atoms with E-state index in [2.05, 4.69) is 11.9 Å². The van der Waals surface area contributed by atoms with Crippen molar-refractivity contribution in [3.63, 3.8) is 0 Å². The lowest BCUT2D eigenvalue weighted by Gasteiger charge is -2.43. The molecule has 1 aromatic rings. The average Bonchev–Trinajstić information content (AvgIpc) is 2.78. The number of benzene rings is 1. The molecule has 0 aliphatic carbocycles. The molecule has 6 heteroatoms. The summed E-state index contributed by atoms with van der Waals surface area (Å²) in [5, 5.41) is 2.44. The molecule has 0 N–H and O–H groups in total. The van der Waals surface area contributed by atoms with E-state index in [9.17, 15) is 4.79 Å². The second-order valence-electron chi connectivity index (χ2n) is 6.52. The molecule has 1 aromatic carbocycles. The molecule has 23 heavy (non-hydrogen) atoms. The number of nitrogens with zero attached hydrogens (tertiary/aromatic N) is 2. The zero-order valence-electron chi connectivity index (χ0n) is 13.6. The van der Waals surface area contributed by atoms with Crippen molar-refractivity contribution in [2.75, 3.05) is 21.2 Å². The highest BCUT2D eigenvalue weighted by atomic mass is 35.5. The van der Waals surface area contributed by atoms with Crippen molar-refractivity contribution < 1.29 is 9.63 Å². The van der Waals surface area contributed by atoms with Gasteiger partial charge in [-0.15, -0.1) is 0 Å². The number of hydrogen-bond acceptors (Lipinski definition) is 3. The first-order chi connectivity index (χ1) is 10.9. The Labute approximate surface area is 147 Å². The van der Waals surface area contributed by atoms with Crippen molar-refractivity contribution in [1.82, 2.24) is 9.96 Å². The second kappa shape index (κ2) is 6.60. The Balaban J connectivity index is 1.98. The molecule has 3 rings (SSSR count). The molecular weight excluding hydrogens is 335 g/mol. The van der Waals surface area contributed by atoms with E-state index in [1.165, 1.54) is 12.2 Å². The van der Waals surface area contributed by atoms with Crippen LogP contribution in [0.25, 0.3) is 0 Å². The number of hydroxylamine groups is 2. The molecule has 2 fully saturated rings. The molecule has 4 atom stereocenters. The van der Waals surface area contributed by atoms with E-state index in [-0.39, 0.29) is 23.8 Å².